The number of hydrogen-bond donors (Lipinski definition) is 1. The van der Waals surface area contributed by atoms with Crippen molar-refractivity contribution in [2.45, 2.75) is 26.4 Å². The molecule has 4 rings (SSSR count). The number of nitrogens with one attached hydrogen (secondary N) is 1. The third-order valence-corrected chi connectivity index (χ3v) is 6.57. The van der Waals surface area contributed by atoms with Gasteiger partial charge in [-0.2, -0.15) is 5.10 Å². The molecule has 1 amide bonds. The van der Waals surface area contributed by atoms with Crippen LogP contribution in [-0.2, 0) is 11.3 Å². The lowest BCUT2D eigenvalue weighted by atomic mass is 10.1. The highest BCUT2D eigenvalue weighted by molar-refractivity contribution is 7.26. The molecule has 0 radical (unpaired) electrons. The Morgan fingerprint density at radius 1 is 1.16 bits per heavy atom. The smallest absolute Gasteiger partial charge is 0.276 e. The Hall–Kier alpha value is -3.39. The minimum atomic E-state index is -0.772. The molecule has 0 spiro atoms. The lowest BCUT2D eigenvalue weighted by Crippen LogP contribution is -2.37. The maximum absolute atomic E-state index is 13.3. The summed E-state index contributed by atoms with van der Waals surface area (Å²) in [7, 11) is 3.12. The van der Waals surface area contributed by atoms with Crippen molar-refractivity contribution in [3.8, 4) is 11.5 Å². The van der Waals surface area contributed by atoms with Crippen molar-refractivity contribution in [3.05, 3.63) is 64.1 Å². The zero-order chi connectivity index (χ0) is 22.1. The summed E-state index contributed by atoms with van der Waals surface area (Å²) in [4.78, 5) is 26.1. The van der Waals surface area contributed by atoms with E-state index >= 15 is 0 Å². The van der Waals surface area contributed by atoms with Gasteiger partial charge in [0.05, 0.1) is 30.0 Å². The van der Waals surface area contributed by atoms with Gasteiger partial charge in [-0.05, 0) is 26.0 Å². The van der Waals surface area contributed by atoms with Gasteiger partial charge in [0.15, 0.2) is 11.5 Å². The third-order valence-electron chi connectivity index (χ3n) is 5.29. The third kappa shape index (κ3) is 3.63. The number of amides is 1. The van der Waals surface area contributed by atoms with E-state index in [2.05, 4.69) is 10.4 Å². The first-order chi connectivity index (χ1) is 15.0. The number of benzene rings is 2. The Morgan fingerprint density at radius 2 is 1.94 bits per heavy atom. The van der Waals surface area contributed by atoms with Crippen molar-refractivity contribution < 1.29 is 14.3 Å². The first-order valence-electron chi connectivity index (χ1n) is 9.84. The highest BCUT2D eigenvalue weighted by Crippen LogP contribution is 2.33. The Balaban J connectivity index is 1.65. The lowest BCUT2D eigenvalue weighted by molar-refractivity contribution is -0.124. The first-order valence-corrected chi connectivity index (χ1v) is 10.7. The van der Waals surface area contributed by atoms with E-state index < -0.39 is 6.04 Å². The Bertz CT molecular complexity index is 1340. The maximum atomic E-state index is 13.3. The van der Waals surface area contributed by atoms with Crippen LogP contribution in [0, 0.1) is 6.92 Å². The molecule has 0 unspecified atom stereocenters. The van der Waals surface area contributed by atoms with Gasteiger partial charge in [-0.15, -0.1) is 11.3 Å². The molecule has 0 aliphatic heterocycles. The van der Waals surface area contributed by atoms with Gasteiger partial charge in [0.1, 0.15) is 6.04 Å². The van der Waals surface area contributed by atoms with E-state index in [1.165, 1.54) is 4.68 Å². The second kappa shape index (κ2) is 8.39. The largest absolute Gasteiger partial charge is 0.493 e. The number of aromatic nitrogens is 2. The average Bonchev–Trinajstić information content (AvgIpc) is 3.19. The molecule has 1 N–H and O–H groups in total. The second-order valence-electron chi connectivity index (χ2n) is 7.18. The van der Waals surface area contributed by atoms with Gasteiger partial charge in [0.25, 0.3) is 5.56 Å². The van der Waals surface area contributed by atoms with Crippen molar-refractivity contribution >= 4 is 37.4 Å². The Morgan fingerprint density at radius 3 is 2.68 bits per heavy atom. The van der Waals surface area contributed by atoms with E-state index in [0.29, 0.717) is 16.9 Å². The molecule has 160 valence electrons. The molecule has 0 bridgehead atoms. The fraction of sp³-hybridized carbons (Fsp3) is 0.261. The minimum Gasteiger partial charge on any atom is -0.493 e. The van der Waals surface area contributed by atoms with Crippen molar-refractivity contribution in [3.63, 3.8) is 0 Å². The fourth-order valence-electron chi connectivity index (χ4n) is 3.68. The van der Waals surface area contributed by atoms with Gasteiger partial charge in [-0.3, -0.25) is 9.59 Å². The van der Waals surface area contributed by atoms with Gasteiger partial charge in [0.2, 0.25) is 5.91 Å². The number of para-hydroxylation sites is 1. The summed E-state index contributed by atoms with van der Waals surface area (Å²) >= 11 is 1.54. The number of carbonyl (C=O) groups is 1. The molecule has 31 heavy (non-hydrogen) atoms. The molecule has 0 aliphatic rings. The van der Waals surface area contributed by atoms with Crippen LogP contribution in [0.15, 0.2) is 47.3 Å². The van der Waals surface area contributed by atoms with Crippen LogP contribution in [0.2, 0.25) is 0 Å². The summed E-state index contributed by atoms with van der Waals surface area (Å²) in [5.41, 5.74) is 1.24. The number of carbonyl (C=O) groups excluding carboxylic acids is 1. The van der Waals surface area contributed by atoms with E-state index in [4.69, 9.17) is 9.47 Å². The van der Waals surface area contributed by atoms with Crippen LogP contribution < -0.4 is 20.3 Å². The molecule has 2 heterocycles. The van der Waals surface area contributed by atoms with Crippen molar-refractivity contribution in [2.75, 3.05) is 14.2 Å². The molecule has 2 aromatic heterocycles. The Labute approximate surface area is 183 Å². The van der Waals surface area contributed by atoms with Gasteiger partial charge in [0, 0.05) is 22.2 Å². The van der Waals surface area contributed by atoms with Crippen molar-refractivity contribution in [1.82, 2.24) is 15.1 Å². The molecular formula is C23H23N3O4S. The van der Waals surface area contributed by atoms with Gasteiger partial charge < -0.3 is 14.8 Å². The molecule has 1 atom stereocenters. The van der Waals surface area contributed by atoms with Crippen LogP contribution in [0.4, 0.5) is 0 Å². The number of rotatable bonds is 6. The van der Waals surface area contributed by atoms with Crippen LogP contribution in [0.5, 0.6) is 11.5 Å². The van der Waals surface area contributed by atoms with Gasteiger partial charge in [-0.1, -0.05) is 30.3 Å². The standard InChI is InChI=1S/C23H23N3O4S/c1-13-21-19(16-9-5-6-11-18(16)31-21)23(28)26(25-13)14(2)22(27)24-12-15-8-7-10-17(29-3)20(15)30-4/h5-11,14H,12H2,1-4H3,(H,24,27)/t14-/m0/s1. The summed E-state index contributed by atoms with van der Waals surface area (Å²) in [6.45, 7) is 3.77. The topological polar surface area (TPSA) is 82.5 Å². The zero-order valence-corrected chi connectivity index (χ0v) is 18.6. The average molecular weight is 438 g/mol. The summed E-state index contributed by atoms with van der Waals surface area (Å²) < 4.78 is 13.9. The molecule has 0 aliphatic carbocycles. The summed E-state index contributed by atoms with van der Waals surface area (Å²) in [6, 6.07) is 12.5. The van der Waals surface area contributed by atoms with Crippen molar-refractivity contribution in [2.24, 2.45) is 0 Å². The number of aryl methyl sites for hydroxylation is 1. The summed E-state index contributed by atoms with van der Waals surface area (Å²) in [5.74, 6) is 0.846. The fourth-order valence-corrected chi connectivity index (χ4v) is 4.81. The van der Waals surface area contributed by atoms with Gasteiger partial charge in [-0.25, -0.2) is 4.68 Å². The predicted octanol–water partition coefficient (Wildman–Crippen LogP) is 3.81. The first kappa shape index (κ1) is 20.9. The quantitative estimate of drug-likeness (QED) is 0.496. The molecule has 0 saturated carbocycles. The van der Waals surface area contributed by atoms with Crippen LogP contribution in [0.3, 0.4) is 0 Å². The SMILES string of the molecule is COc1cccc(CNC(=O)[C@H](C)n2nc(C)c3sc4ccccc4c3c2=O)c1OC. The highest BCUT2D eigenvalue weighted by atomic mass is 32.1. The van der Waals surface area contributed by atoms with E-state index in [0.717, 1.165) is 26.0 Å². The van der Waals surface area contributed by atoms with E-state index in [1.807, 2.05) is 43.3 Å². The number of thiophene rings is 1. The highest BCUT2D eigenvalue weighted by Gasteiger charge is 2.22. The maximum Gasteiger partial charge on any atom is 0.276 e. The Kier molecular flexibility index (Phi) is 5.65. The lowest BCUT2D eigenvalue weighted by Gasteiger charge is -2.17. The summed E-state index contributed by atoms with van der Waals surface area (Å²) in [5, 5.41) is 8.82. The van der Waals surface area contributed by atoms with Crippen LogP contribution in [0.1, 0.15) is 24.2 Å². The number of ether oxygens (including phenoxy) is 2. The number of fused-ring (bicyclic) bond motifs is 3. The van der Waals surface area contributed by atoms with Crippen LogP contribution in [0.25, 0.3) is 20.2 Å². The predicted molar refractivity (Wildman–Crippen MR) is 122 cm³/mol. The van der Waals surface area contributed by atoms with Gasteiger partial charge >= 0.3 is 0 Å². The molecule has 0 fully saturated rings. The minimum absolute atomic E-state index is 0.237. The molecule has 0 saturated heterocycles. The van der Waals surface area contributed by atoms with Crippen LogP contribution >= 0.6 is 11.3 Å². The number of nitrogens with zero attached hydrogens (tertiary/aromatic N) is 2. The van der Waals surface area contributed by atoms with E-state index in [1.54, 1.807) is 38.5 Å². The molecule has 4 aromatic rings. The molecule has 2 aromatic carbocycles. The number of hydrogen-bond acceptors (Lipinski definition) is 6. The van der Waals surface area contributed by atoms with E-state index in [-0.39, 0.29) is 18.0 Å². The molecular weight excluding hydrogens is 414 g/mol. The number of methoxy groups -OCH3 is 2. The second-order valence-corrected chi connectivity index (χ2v) is 8.24. The monoisotopic (exact) mass is 437 g/mol. The van der Waals surface area contributed by atoms with E-state index in [9.17, 15) is 9.59 Å². The zero-order valence-electron chi connectivity index (χ0n) is 17.8. The molecule has 8 heteroatoms. The van der Waals surface area contributed by atoms with Crippen molar-refractivity contribution in [1.29, 1.82) is 0 Å². The van der Waals surface area contributed by atoms with Crippen LogP contribution in [-0.4, -0.2) is 29.9 Å². The molecule has 7 nitrogen and oxygen atoms in total. The normalized spacial score (nSPS) is 12.1. The summed E-state index contributed by atoms with van der Waals surface area (Å²) in [6.07, 6.45) is 0.